The van der Waals surface area contributed by atoms with Crippen molar-refractivity contribution in [3.8, 4) is 28.3 Å². The van der Waals surface area contributed by atoms with Crippen LogP contribution in [0.2, 0.25) is 17.3 Å². The monoisotopic (exact) mass is 1170 g/mol. The molecule has 5 aromatic heterocycles. The molecule has 0 N–H and O–H groups in total. The topological polar surface area (TPSA) is 56.5 Å². The van der Waals surface area contributed by atoms with E-state index < -0.39 is 32.8 Å². The van der Waals surface area contributed by atoms with Gasteiger partial charge in [-0.05, 0) is 77.8 Å². The van der Waals surface area contributed by atoms with Crippen LogP contribution in [-0.2, 0) is 26.5 Å². The summed E-state index contributed by atoms with van der Waals surface area (Å²) in [6, 6.07) is 33.0. The van der Waals surface area contributed by atoms with Gasteiger partial charge < -0.3 is 4.57 Å². The third-order valence-corrected chi connectivity index (χ3v) is 17.7. The molecule has 68 heavy (non-hydrogen) atoms. The van der Waals surface area contributed by atoms with Gasteiger partial charge in [-0.15, -0.1) is 18.2 Å². The average molecular weight is 1170 g/mol. The molecule has 0 atom stereocenters. The Morgan fingerprint density at radius 3 is 2.18 bits per heavy atom. The quantitative estimate of drug-likeness (QED) is 0.112. The standard InChI is InChI=1S/C39H32FN4S.C19H25FGeN.Ir/c1-20(2)29-16-22(5)17-30(21(3)4)35(29)44-36-33(14-12-24-11-10-23(6)41-34(24)36)42-38(44)28-9-7-8-27-31-19-25-18-26(40)13-15-32(25)43-39(31)45-37(27)28;1-13(2)9-15-11-19(22-12-18(15)21(4,5)6)17-8-7-16(20)10-14(17)3;/h7-8,10-21H,1-6H3;7,10-13H,9H2,1-6H3;/q2*-1;/i6D3;3D3;. The Hall–Kier alpha value is -5.19. The minimum Gasteiger partial charge on any atom is -0.331 e. The van der Waals surface area contributed by atoms with E-state index >= 15 is 0 Å². The van der Waals surface area contributed by atoms with Crippen molar-refractivity contribution in [1.82, 2.24) is 24.5 Å². The third kappa shape index (κ3) is 9.44. The summed E-state index contributed by atoms with van der Waals surface area (Å²) in [6.45, 7) is 10.5. The largest absolute Gasteiger partial charge is 0.331 e. The van der Waals surface area contributed by atoms with E-state index in [1.165, 1.54) is 44.8 Å². The van der Waals surface area contributed by atoms with Crippen molar-refractivity contribution >= 4 is 82.1 Å². The molecule has 0 unspecified atom stereocenters. The molecule has 0 amide bonds. The second-order valence-electron chi connectivity index (χ2n) is 19.6. The van der Waals surface area contributed by atoms with Crippen molar-refractivity contribution in [2.45, 2.75) is 97.7 Å². The van der Waals surface area contributed by atoms with Gasteiger partial charge in [0.15, 0.2) is 0 Å². The molecule has 5 aromatic carbocycles. The first kappa shape index (κ1) is 41.8. The van der Waals surface area contributed by atoms with Gasteiger partial charge in [0, 0.05) is 51.8 Å². The molecule has 349 valence electrons. The maximum atomic E-state index is 14.2. The number of rotatable bonds is 8. The van der Waals surface area contributed by atoms with E-state index in [0.29, 0.717) is 34.0 Å². The number of pyridine rings is 3. The van der Waals surface area contributed by atoms with E-state index in [2.05, 4.69) is 99.6 Å². The minimum atomic E-state index is -2.41. The van der Waals surface area contributed by atoms with Crippen molar-refractivity contribution in [2.75, 3.05) is 0 Å². The molecule has 0 aliphatic carbocycles. The number of hydrogen-bond donors (Lipinski definition) is 0. The molecule has 0 bridgehead atoms. The zero-order valence-electron chi connectivity index (χ0n) is 45.9. The summed E-state index contributed by atoms with van der Waals surface area (Å²) < 4.78 is 79.8. The fourth-order valence-corrected chi connectivity index (χ4v) is 13.7. The summed E-state index contributed by atoms with van der Waals surface area (Å²) in [5.74, 6) is 7.60. The van der Waals surface area contributed by atoms with E-state index in [-0.39, 0.29) is 49.0 Å². The first-order chi connectivity index (χ1) is 34.3. The number of halogens is 2. The number of hydrogen-bond acceptors (Lipinski definition) is 5. The van der Waals surface area contributed by atoms with Crippen LogP contribution in [0.4, 0.5) is 8.78 Å². The van der Waals surface area contributed by atoms with Crippen molar-refractivity contribution in [3.63, 3.8) is 0 Å². The number of aryl methyl sites for hydroxylation is 3. The Morgan fingerprint density at radius 2 is 1.49 bits per heavy atom. The molecule has 0 spiro atoms. The molecule has 10 heteroatoms. The van der Waals surface area contributed by atoms with E-state index in [0.717, 1.165) is 65.8 Å². The number of fused-ring (bicyclic) bond motifs is 7. The van der Waals surface area contributed by atoms with Gasteiger partial charge in [-0.3, -0.25) is 9.97 Å². The molecular weight excluding hydrogens is 1100 g/mol. The minimum absolute atomic E-state index is 0. The number of benzene rings is 5. The van der Waals surface area contributed by atoms with Crippen LogP contribution in [0.15, 0.2) is 97.2 Å². The molecule has 10 aromatic rings. The van der Waals surface area contributed by atoms with Crippen LogP contribution in [0.1, 0.15) is 95.1 Å². The number of nitrogens with zero attached hydrogens (tertiary/aromatic N) is 5. The van der Waals surface area contributed by atoms with E-state index in [1.54, 1.807) is 23.5 Å². The van der Waals surface area contributed by atoms with E-state index in [1.807, 2.05) is 48.7 Å². The van der Waals surface area contributed by atoms with Crippen molar-refractivity contribution < 1.29 is 37.1 Å². The molecule has 10 rings (SSSR count). The maximum Gasteiger partial charge on any atom is 0.123 e. The molecule has 0 fully saturated rings. The van der Waals surface area contributed by atoms with Gasteiger partial charge in [-0.25, -0.2) is 9.37 Å². The van der Waals surface area contributed by atoms with Gasteiger partial charge in [0.05, 0.1) is 27.9 Å². The van der Waals surface area contributed by atoms with Gasteiger partial charge in [0.1, 0.15) is 10.6 Å². The normalized spacial score (nSPS) is 13.7. The van der Waals surface area contributed by atoms with Crippen molar-refractivity contribution in [3.05, 3.63) is 154 Å². The second kappa shape index (κ2) is 19.3. The molecular formula is C58H57F2GeIrN5S-2. The van der Waals surface area contributed by atoms with Gasteiger partial charge in [-0.1, -0.05) is 68.5 Å². The Labute approximate surface area is 427 Å². The molecule has 0 aliphatic heterocycles. The second-order valence-corrected chi connectivity index (χ2v) is 31.2. The summed E-state index contributed by atoms with van der Waals surface area (Å²) in [6.07, 6.45) is 2.81. The van der Waals surface area contributed by atoms with Crippen LogP contribution in [0, 0.1) is 50.3 Å². The van der Waals surface area contributed by atoms with Crippen LogP contribution in [0.3, 0.4) is 0 Å². The third-order valence-electron chi connectivity index (χ3n) is 12.2. The smallest absolute Gasteiger partial charge is 0.123 e. The Morgan fingerprint density at radius 1 is 0.750 bits per heavy atom. The Bertz CT molecular complexity index is 3760. The fourth-order valence-electron chi connectivity index (χ4n) is 9.17. The molecule has 0 saturated heterocycles. The number of thiophene rings is 1. The Balaban J connectivity index is 0.000000238. The predicted molar refractivity (Wildman–Crippen MR) is 281 cm³/mol. The average Bonchev–Trinajstić information content (AvgIpc) is 3.88. The van der Waals surface area contributed by atoms with Gasteiger partial charge >= 0.3 is 140 Å². The number of imidazole rings is 1. The fraction of sp³-hybridized carbons (Fsp3) is 0.276. The summed E-state index contributed by atoms with van der Waals surface area (Å²) in [4.78, 5) is 20.4. The van der Waals surface area contributed by atoms with Gasteiger partial charge in [-0.2, -0.15) is 11.3 Å². The molecule has 5 heterocycles. The maximum absolute atomic E-state index is 14.2. The summed E-state index contributed by atoms with van der Waals surface area (Å²) >= 11 is -0.531. The van der Waals surface area contributed by atoms with Crippen molar-refractivity contribution in [1.29, 1.82) is 0 Å². The van der Waals surface area contributed by atoms with E-state index in [4.69, 9.17) is 23.2 Å². The van der Waals surface area contributed by atoms with Crippen LogP contribution >= 0.6 is 11.3 Å². The van der Waals surface area contributed by atoms with Crippen LogP contribution in [-0.4, -0.2) is 37.8 Å². The molecule has 1 radical (unpaired) electrons. The summed E-state index contributed by atoms with van der Waals surface area (Å²) in [5, 5.41) is 3.51. The predicted octanol–water partition coefficient (Wildman–Crippen LogP) is 15.7. The summed E-state index contributed by atoms with van der Waals surface area (Å²) in [5.41, 5.74) is 10.3. The summed E-state index contributed by atoms with van der Waals surface area (Å²) in [7, 11) is 0. The van der Waals surface area contributed by atoms with E-state index in [9.17, 15) is 8.78 Å². The van der Waals surface area contributed by atoms with Gasteiger partial charge in [0.2, 0.25) is 0 Å². The first-order valence-corrected chi connectivity index (χ1v) is 31.0. The Kier molecular flexibility index (Phi) is 11.9. The first-order valence-electron chi connectivity index (χ1n) is 25.8. The number of aromatic nitrogens is 5. The molecule has 0 aliphatic rings. The van der Waals surface area contributed by atoms with Crippen molar-refractivity contribution in [2.24, 2.45) is 5.92 Å². The zero-order valence-corrected chi connectivity index (χ0v) is 45.2. The molecule has 0 saturated carbocycles. The van der Waals surface area contributed by atoms with Crippen LogP contribution < -0.4 is 4.40 Å². The molecule has 5 nitrogen and oxygen atoms in total. The van der Waals surface area contributed by atoms with Crippen LogP contribution in [0.5, 0.6) is 0 Å². The van der Waals surface area contributed by atoms with Gasteiger partial charge in [0.25, 0.3) is 0 Å². The zero-order chi connectivity index (χ0) is 52.6. The SMILES string of the molecule is [2H]C([2H])([2H])c1cc(F)c[c-]c1-c1cc(CC(C)C)[c]([Ge]([CH3])([CH3])[CH3])cn1.[2H]C([2H])([2H])c1ccc2ccc3nc(-c4[c-]ccc5c4sc4nc6ccc(F)cc6cc45)n(-c4c(C(C)C)cc(C)cc4C(C)C)c3c2n1.[Ir]. The van der Waals surface area contributed by atoms with Crippen LogP contribution in [0.25, 0.3) is 81.5 Å².